The van der Waals surface area contributed by atoms with Crippen LogP contribution in [0.5, 0.6) is 0 Å². The first-order chi connectivity index (χ1) is 12.6. The van der Waals surface area contributed by atoms with E-state index in [0.717, 1.165) is 0 Å². The molecular weight excluding hydrogens is 368 g/mol. The summed E-state index contributed by atoms with van der Waals surface area (Å²) in [5.41, 5.74) is 2.47. The summed E-state index contributed by atoms with van der Waals surface area (Å²) in [6.45, 7) is 2.49. The van der Waals surface area contributed by atoms with Gasteiger partial charge in [0.2, 0.25) is 10.0 Å². The summed E-state index contributed by atoms with van der Waals surface area (Å²) in [7, 11) is -3.20. The van der Waals surface area contributed by atoms with Gasteiger partial charge >= 0.3 is 0 Å². The van der Waals surface area contributed by atoms with Crippen molar-refractivity contribution in [1.29, 1.82) is 0 Å². The fourth-order valence-corrected chi connectivity index (χ4v) is 5.27. The van der Waals surface area contributed by atoms with Gasteiger partial charge in [-0.3, -0.25) is 4.90 Å². The Labute approximate surface area is 161 Å². The van der Waals surface area contributed by atoms with Crippen LogP contribution in [0.15, 0.2) is 60.7 Å². The van der Waals surface area contributed by atoms with Gasteiger partial charge in [-0.2, -0.15) is 4.31 Å². The number of nitrogens with zero attached hydrogens (tertiary/aromatic N) is 2. The van der Waals surface area contributed by atoms with E-state index in [4.69, 9.17) is 11.6 Å². The van der Waals surface area contributed by atoms with Crippen LogP contribution < -0.4 is 0 Å². The molecule has 0 unspecified atom stereocenters. The zero-order valence-electron chi connectivity index (χ0n) is 14.8. The maximum atomic E-state index is 12.4. The summed E-state index contributed by atoms with van der Waals surface area (Å²) < 4.78 is 26.4. The van der Waals surface area contributed by atoms with Crippen molar-refractivity contribution in [3.63, 3.8) is 0 Å². The number of hydrogen-bond acceptors (Lipinski definition) is 3. The number of sulfonamides is 1. The maximum Gasteiger partial charge on any atom is 0.214 e. The lowest BCUT2D eigenvalue weighted by atomic mass is 9.96. The average molecular weight is 393 g/mol. The predicted octanol–water partition coefficient (Wildman–Crippen LogP) is 3.35. The third-order valence-electron chi connectivity index (χ3n) is 4.80. The van der Waals surface area contributed by atoms with Crippen molar-refractivity contribution in [2.45, 2.75) is 12.5 Å². The third kappa shape index (κ3) is 4.65. The van der Waals surface area contributed by atoms with Crippen LogP contribution in [0.1, 0.15) is 23.6 Å². The number of alkyl halides is 1. The Morgan fingerprint density at radius 3 is 1.81 bits per heavy atom. The SMILES string of the molecule is O=S(=O)(CCCCl)N1CCN(C(c2ccccc2)c2ccccc2)CC1. The van der Waals surface area contributed by atoms with Crippen LogP contribution >= 0.6 is 11.6 Å². The molecule has 0 aliphatic carbocycles. The lowest BCUT2D eigenvalue weighted by molar-refractivity contribution is 0.156. The van der Waals surface area contributed by atoms with Gasteiger partial charge in [-0.1, -0.05) is 60.7 Å². The van der Waals surface area contributed by atoms with Crippen LogP contribution in [-0.4, -0.2) is 55.4 Å². The second-order valence-corrected chi connectivity index (χ2v) is 8.98. The summed E-state index contributed by atoms with van der Waals surface area (Å²) in [4.78, 5) is 2.37. The number of piperazine rings is 1. The van der Waals surface area contributed by atoms with Gasteiger partial charge in [0, 0.05) is 32.1 Å². The Morgan fingerprint density at radius 1 is 0.846 bits per heavy atom. The lowest BCUT2D eigenvalue weighted by Gasteiger charge is -2.39. The molecule has 0 aromatic heterocycles. The summed E-state index contributed by atoms with van der Waals surface area (Å²) >= 11 is 5.66. The van der Waals surface area contributed by atoms with E-state index in [1.807, 2.05) is 12.1 Å². The summed E-state index contributed by atoms with van der Waals surface area (Å²) in [6.07, 6.45) is 0.501. The van der Waals surface area contributed by atoms with Gasteiger partial charge in [-0.15, -0.1) is 11.6 Å². The molecule has 1 heterocycles. The normalized spacial score (nSPS) is 16.8. The Bertz CT molecular complexity index is 736. The first-order valence-corrected chi connectivity index (χ1v) is 11.1. The molecule has 0 atom stereocenters. The summed E-state index contributed by atoms with van der Waals surface area (Å²) in [5, 5.41) is 0. The highest BCUT2D eigenvalue weighted by atomic mass is 35.5. The number of benzene rings is 2. The van der Waals surface area contributed by atoms with E-state index in [-0.39, 0.29) is 11.8 Å². The van der Waals surface area contributed by atoms with E-state index in [9.17, 15) is 8.42 Å². The summed E-state index contributed by atoms with van der Waals surface area (Å²) in [6, 6.07) is 21.0. The third-order valence-corrected chi connectivity index (χ3v) is 7.02. The van der Waals surface area contributed by atoms with Gasteiger partial charge in [0.05, 0.1) is 11.8 Å². The highest BCUT2D eigenvalue weighted by molar-refractivity contribution is 7.89. The van der Waals surface area contributed by atoms with E-state index in [1.165, 1.54) is 11.1 Å². The average Bonchev–Trinajstić information content (AvgIpc) is 2.69. The van der Waals surface area contributed by atoms with Crippen LogP contribution in [0.3, 0.4) is 0 Å². The largest absolute Gasteiger partial charge is 0.290 e. The molecule has 1 aliphatic heterocycles. The molecule has 3 rings (SSSR count). The second kappa shape index (κ2) is 9.00. The quantitative estimate of drug-likeness (QED) is 0.678. The van der Waals surface area contributed by atoms with Crippen LogP contribution in [0.4, 0.5) is 0 Å². The first-order valence-electron chi connectivity index (χ1n) is 8.99. The molecule has 6 heteroatoms. The molecule has 1 fully saturated rings. The van der Waals surface area contributed by atoms with Crippen molar-refractivity contribution in [2.75, 3.05) is 37.8 Å². The molecule has 1 aliphatic rings. The van der Waals surface area contributed by atoms with Gasteiger partial charge in [0.25, 0.3) is 0 Å². The van der Waals surface area contributed by atoms with Crippen molar-refractivity contribution < 1.29 is 8.42 Å². The van der Waals surface area contributed by atoms with Gasteiger partial charge < -0.3 is 0 Å². The first kappa shape index (κ1) is 19.4. The number of rotatable bonds is 7. The molecule has 140 valence electrons. The van der Waals surface area contributed by atoms with Crippen LogP contribution in [0.2, 0.25) is 0 Å². The minimum Gasteiger partial charge on any atom is -0.290 e. The van der Waals surface area contributed by atoms with E-state index < -0.39 is 10.0 Å². The molecule has 1 saturated heterocycles. The van der Waals surface area contributed by atoms with Crippen molar-refractivity contribution in [3.05, 3.63) is 71.8 Å². The number of hydrogen-bond donors (Lipinski definition) is 0. The fraction of sp³-hybridized carbons (Fsp3) is 0.400. The molecule has 0 spiro atoms. The lowest BCUT2D eigenvalue weighted by Crippen LogP contribution is -2.50. The molecule has 0 saturated carbocycles. The Morgan fingerprint density at radius 2 is 1.35 bits per heavy atom. The molecule has 4 nitrogen and oxygen atoms in total. The summed E-state index contributed by atoms with van der Waals surface area (Å²) in [5.74, 6) is 0.514. The predicted molar refractivity (Wildman–Crippen MR) is 107 cm³/mol. The molecule has 0 amide bonds. The Hall–Kier alpha value is -1.40. The van der Waals surface area contributed by atoms with E-state index in [0.29, 0.717) is 38.5 Å². The molecule has 26 heavy (non-hydrogen) atoms. The maximum absolute atomic E-state index is 12.4. The van der Waals surface area contributed by atoms with Crippen LogP contribution in [-0.2, 0) is 10.0 Å². The molecule has 2 aromatic carbocycles. The Kier molecular flexibility index (Phi) is 6.70. The van der Waals surface area contributed by atoms with Crippen molar-refractivity contribution >= 4 is 21.6 Å². The monoisotopic (exact) mass is 392 g/mol. The highest BCUT2D eigenvalue weighted by Crippen LogP contribution is 2.29. The smallest absolute Gasteiger partial charge is 0.214 e. The van der Waals surface area contributed by atoms with Crippen molar-refractivity contribution in [2.24, 2.45) is 0 Å². The van der Waals surface area contributed by atoms with Gasteiger partial charge in [-0.05, 0) is 17.5 Å². The van der Waals surface area contributed by atoms with Crippen molar-refractivity contribution in [3.8, 4) is 0 Å². The van der Waals surface area contributed by atoms with Gasteiger partial charge in [0.1, 0.15) is 0 Å². The highest BCUT2D eigenvalue weighted by Gasteiger charge is 2.30. The van der Waals surface area contributed by atoms with E-state index in [1.54, 1.807) is 4.31 Å². The van der Waals surface area contributed by atoms with Gasteiger partial charge in [-0.25, -0.2) is 8.42 Å². The molecule has 0 N–H and O–H groups in total. The van der Waals surface area contributed by atoms with E-state index in [2.05, 4.69) is 53.4 Å². The minimum atomic E-state index is -3.20. The topological polar surface area (TPSA) is 40.6 Å². The second-order valence-electron chi connectivity index (χ2n) is 6.52. The van der Waals surface area contributed by atoms with Crippen molar-refractivity contribution in [1.82, 2.24) is 9.21 Å². The van der Waals surface area contributed by atoms with Crippen LogP contribution in [0, 0.1) is 0 Å². The van der Waals surface area contributed by atoms with Gasteiger partial charge in [0.15, 0.2) is 0 Å². The molecule has 2 aromatic rings. The molecule has 0 bridgehead atoms. The van der Waals surface area contributed by atoms with E-state index >= 15 is 0 Å². The zero-order chi connectivity index (χ0) is 18.4. The van der Waals surface area contributed by atoms with Crippen LogP contribution in [0.25, 0.3) is 0 Å². The minimum absolute atomic E-state index is 0.136. The molecular formula is C20H25ClN2O2S. The number of halogens is 1. The molecule has 0 radical (unpaired) electrons. The zero-order valence-corrected chi connectivity index (χ0v) is 16.4. The Balaban J connectivity index is 1.76. The fourth-order valence-electron chi connectivity index (χ4n) is 3.49. The standard InChI is InChI=1S/C20H25ClN2O2S/c21-12-7-17-26(24,25)23-15-13-22(14-16-23)20(18-8-3-1-4-9-18)19-10-5-2-6-11-19/h1-6,8-11,20H,7,12-17H2.